The summed E-state index contributed by atoms with van der Waals surface area (Å²) in [6.45, 7) is 7.60. The van der Waals surface area contributed by atoms with Crippen LogP contribution >= 0.6 is 23.8 Å². The van der Waals surface area contributed by atoms with E-state index in [-0.39, 0.29) is 5.41 Å². The van der Waals surface area contributed by atoms with Gasteiger partial charge in [-0.1, -0.05) is 38.4 Å². The quantitative estimate of drug-likeness (QED) is 0.794. The normalized spacial score (nSPS) is 12.2. The SMILES string of the molecule is CCC(C)(C)Cn1c(=S)[nH]c2c(Cl)cccc21. The smallest absolute Gasteiger partial charge is 0.178 e. The average Bonchev–Trinajstić information content (AvgIpc) is 2.58. The molecule has 0 aliphatic rings. The van der Waals surface area contributed by atoms with Crippen molar-refractivity contribution in [2.75, 3.05) is 0 Å². The lowest BCUT2D eigenvalue weighted by Crippen LogP contribution is -2.18. The zero-order valence-corrected chi connectivity index (χ0v) is 12.0. The van der Waals surface area contributed by atoms with Gasteiger partial charge in [-0.3, -0.25) is 0 Å². The van der Waals surface area contributed by atoms with Crippen LogP contribution < -0.4 is 0 Å². The molecule has 2 nitrogen and oxygen atoms in total. The highest BCUT2D eigenvalue weighted by Crippen LogP contribution is 2.27. The third kappa shape index (κ3) is 2.40. The third-order valence-electron chi connectivity index (χ3n) is 3.30. The Kier molecular flexibility index (Phi) is 3.32. The zero-order chi connectivity index (χ0) is 12.6. The van der Waals surface area contributed by atoms with Crippen LogP contribution in [-0.4, -0.2) is 9.55 Å². The minimum Gasteiger partial charge on any atom is -0.329 e. The summed E-state index contributed by atoms with van der Waals surface area (Å²) in [7, 11) is 0. The Labute approximate surface area is 112 Å². The van der Waals surface area contributed by atoms with Crippen LogP contribution in [0.1, 0.15) is 27.2 Å². The number of benzene rings is 1. The molecule has 0 fully saturated rings. The molecule has 0 aliphatic heterocycles. The van der Waals surface area contributed by atoms with Crippen molar-refractivity contribution in [2.45, 2.75) is 33.7 Å². The molecule has 2 aromatic rings. The van der Waals surface area contributed by atoms with E-state index in [1.807, 2.05) is 12.1 Å². The summed E-state index contributed by atoms with van der Waals surface area (Å²) in [5.41, 5.74) is 2.26. The number of para-hydroxylation sites is 1. The third-order valence-corrected chi connectivity index (χ3v) is 3.94. The van der Waals surface area contributed by atoms with Crippen molar-refractivity contribution in [3.63, 3.8) is 0 Å². The molecule has 0 saturated heterocycles. The predicted molar refractivity (Wildman–Crippen MR) is 76.2 cm³/mol. The number of halogens is 1. The van der Waals surface area contributed by atoms with Gasteiger partial charge in [0.25, 0.3) is 0 Å². The number of H-pyrrole nitrogens is 1. The number of imidazole rings is 1. The fourth-order valence-corrected chi connectivity index (χ4v) is 2.32. The van der Waals surface area contributed by atoms with Crippen molar-refractivity contribution in [1.82, 2.24) is 9.55 Å². The zero-order valence-electron chi connectivity index (χ0n) is 10.4. The summed E-state index contributed by atoms with van der Waals surface area (Å²) in [4.78, 5) is 3.19. The minimum absolute atomic E-state index is 0.232. The van der Waals surface area contributed by atoms with Crippen LogP contribution in [0, 0.1) is 10.2 Å². The molecule has 1 aromatic carbocycles. The molecule has 0 atom stereocenters. The van der Waals surface area contributed by atoms with Gasteiger partial charge >= 0.3 is 0 Å². The summed E-state index contributed by atoms with van der Waals surface area (Å²) in [5.74, 6) is 0. The first kappa shape index (κ1) is 12.7. The van der Waals surface area contributed by atoms with Crippen LogP contribution in [0.4, 0.5) is 0 Å². The van der Waals surface area contributed by atoms with Gasteiger partial charge in [0.2, 0.25) is 0 Å². The van der Waals surface area contributed by atoms with Crippen molar-refractivity contribution < 1.29 is 0 Å². The molecule has 0 saturated carbocycles. The fourth-order valence-electron chi connectivity index (χ4n) is 1.84. The molecule has 1 heterocycles. The minimum atomic E-state index is 0.232. The van der Waals surface area contributed by atoms with Gasteiger partial charge in [-0.2, -0.15) is 0 Å². The van der Waals surface area contributed by atoms with Crippen LogP contribution in [-0.2, 0) is 6.54 Å². The first-order chi connectivity index (χ1) is 7.94. The number of fused-ring (bicyclic) bond motifs is 1. The van der Waals surface area contributed by atoms with Crippen LogP contribution in [0.2, 0.25) is 5.02 Å². The van der Waals surface area contributed by atoms with Gasteiger partial charge in [0.05, 0.1) is 16.1 Å². The Morgan fingerprint density at radius 2 is 2.12 bits per heavy atom. The van der Waals surface area contributed by atoms with E-state index in [2.05, 4.69) is 36.4 Å². The van der Waals surface area contributed by atoms with Crippen molar-refractivity contribution in [1.29, 1.82) is 0 Å². The Hall–Kier alpha value is -0.800. The number of aromatic nitrogens is 2. The van der Waals surface area contributed by atoms with E-state index in [1.54, 1.807) is 0 Å². The van der Waals surface area contributed by atoms with E-state index in [0.717, 1.165) is 33.8 Å². The Morgan fingerprint density at radius 3 is 2.76 bits per heavy atom. The second-order valence-electron chi connectivity index (χ2n) is 5.17. The molecular formula is C13H17ClN2S. The van der Waals surface area contributed by atoms with Crippen LogP contribution in [0.5, 0.6) is 0 Å². The van der Waals surface area contributed by atoms with Crippen molar-refractivity contribution >= 4 is 34.9 Å². The van der Waals surface area contributed by atoms with Gasteiger partial charge in [-0.05, 0) is 36.2 Å². The van der Waals surface area contributed by atoms with E-state index in [4.69, 9.17) is 23.8 Å². The topological polar surface area (TPSA) is 20.7 Å². The maximum Gasteiger partial charge on any atom is 0.178 e. The second kappa shape index (κ2) is 4.46. The molecule has 0 spiro atoms. The Bertz CT molecular complexity index is 595. The van der Waals surface area contributed by atoms with Gasteiger partial charge in [0.1, 0.15) is 0 Å². The Balaban J connectivity index is 2.58. The first-order valence-electron chi connectivity index (χ1n) is 5.81. The molecule has 17 heavy (non-hydrogen) atoms. The van der Waals surface area contributed by atoms with Gasteiger partial charge in [0, 0.05) is 6.54 Å². The van der Waals surface area contributed by atoms with E-state index < -0.39 is 0 Å². The summed E-state index contributed by atoms with van der Waals surface area (Å²) in [6.07, 6.45) is 1.11. The highest BCUT2D eigenvalue weighted by molar-refractivity contribution is 7.71. The molecule has 0 bridgehead atoms. The van der Waals surface area contributed by atoms with E-state index in [9.17, 15) is 0 Å². The van der Waals surface area contributed by atoms with E-state index >= 15 is 0 Å². The summed E-state index contributed by atoms with van der Waals surface area (Å²) < 4.78 is 2.88. The first-order valence-corrected chi connectivity index (χ1v) is 6.60. The molecule has 92 valence electrons. The van der Waals surface area contributed by atoms with E-state index in [0.29, 0.717) is 0 Å². The largest absolute Gasteiger partial charge is 0.329 e. The summed E-state index contributed by atoms with van der Waals surface area (Å²) in [6, 6.07) is 5.90. The lowest BCUT2D eigenvalue weighted by Gasteiger charge is -2.23. The number of aromatic amines is 1. The number of rotatable bonds is 3. The number of hydrogen-bond acceptors (Lipinski definition) is 1. The molecule has 1 N–H and O–H groups in total. The van der Waals surface area contributed by atoms with Crippen molar-refractivity contribution in [2.24, 2.45) is 5.41 Å². The number of nitrogens with one attached hydrogen (secondary N) is 1. The van der Waals surface area contributed by atoms with Gasteiger partial charge < -0.3 is 9.55 Å². The standard InChI is InChI=1S/C13H17ClN2S/c1-4-13(2,3)8-16-10-7-5-6-9(14)11(10)15-12(16)17/h5-7H,4,8H2,1-3H3,(H,15,17). The maximum atomic E-state index is 6.16. The lowest BCUT2D eigenvalue weighted by atomic mass is 9.90. The molecular weight excluding hydrogens is 252 g/mol. The maximum absolute atomic E-state index is 6.16. The van der Waals surface area contributed by atoms with Crippen LogP contribution in [0.15, 0.2) is 18.2 Å². The summed E-state index contributed by atoms with van der Waals surface area (Å²) in [5, 5.41) is 0.724. The van der Waals surface area contributed by atoms with Crippen molar-refractivity contribution in [3.05, 3.63) is 28.0 Å². The molecule has 0 radical (unpaired) electrons. The highest BCUT2D eigenvalue weighted by Gasteiger charge is 2.18. The Morgan fingerprint density at radius 1 is 1.41 bits per heavy atom. The lowest BCUT2D eigenvalue weighted by molar-refractivity contribution is 0.297. The fraction of sp³-hybridized carbons (Fsp3) is 0.462. The molecule has 1 aromatic heterocycles. The monoisotopic (exact) mass is 268 g/mol. The van der Waals surface area contributed by atoms with Crippen LogP contribution in [0.25, 0.3) is 11.0 Å². The highest BCUT2D eigenvalue weighted by atomic mass is 35.5. The number of nitrogens with zero attached hydrogens (tertiary/aromatic N) is 1. The van der Waals surface area contributed by atoms with Crippen LogP contribution in [0.3, 0.4) is 0 Å². The van der Waals surface area contributed by atoms with Crippen molar-refractivity contribution in [3.8, 4) is 0 Å². The summed E-state index contributed by atoms with van der Waals surface area (Å²) >= 11 is 11.5. The molecule has 0 unspecified atom stereocenters. The molecule has 0 amide bonds. The number of hydrogen-bond donors (Lipinski definition) is 1. The van der Waals surface area contributed by atoms with Gasteiger partial charge in [0.15, 0.2) is 4.77 Å². The molecule has 0 aliphatic carbocycles. The second-order valence-corrected chi connectivity index (χ2v) is 5.96. The van der Waals surface area contributed by atoms with Gasteiger partial charge in [-0.15, -0.1) is 0 Å². The van der Waals surface area contributed by atoms with E-state index in [1.165, 1.54) is 0 Å². The molecule has 4 heteroatoms. The molecule has 2 rings (SSSR count). The predicted octanol–water partition coefficient (Wildman–Crippen LogP) is 4.79. The average molecular weight is 269 g/mol. The van der Waals surface area contributed by atoms with Gasteiger partial charge in [-0.25, -0.2) is 0 Å².